The molecule has 2 aromatic rings. The van der Waals surface area contributed by atoms with E-state index >= 15 is 0 Å². The van der Waals surface area contributed by atoms with Gasteiger partial charge in [-0.25, -0.2) is 4.98 Å². The fourth-order valence-electron chi connectivity index (χ4n) is 2.98. The molecule has 0 aliphatic carbocycles. The summed E-state index contributed by atoms with van der Waals surface area (Å²) in [6.07, 6.45) is 2.21. The number of nitrogens with zero attached hydrogens (tertiary/aromatic N) is 1. The predicted octanol–water partition coefficient (Wildman–Crippen LogP) is 2.27. The summed E-state index contributed by atoms with van der Waals surface area (Å²) in [6, 6.07) is 5.70. The summed E-state index contributed by atoms with van der Waals surface area (Å²) in [4.78, 5) is 16.7. The van der Waals surface area contributed by atoms with Gasteiger partial charge in [-0.05, 0) is 50.0 Å². The molecule has 2 N–H and O–H groups in total. The third-order valence-electron chi connectivity index (χ3n) is 4.36. The second kappa shape index (κ2) is 6.78. The van der Waals surface area contributed by atoms with Crippen molar-refractivity contribution in [3.8, 4) is 22.1 Å². The fourth-order valence-corrected chi connectivity index (χ4v) is 3.78. The van der Waals surface area contributed by atoms with Crippen LogP contribution in [0.5, 0.6) is 11.5 Å². The number of benzene rings is 1. The average Bonchev–Trinajstić information content (AvgIpc) is 3.34. The van der Waals surface area contributed by atoms with E-state index in [4.69, 9.17) is 9.47 Å². The zero-order valence-electron chi connectivity index (χ0n) is 13.2. The summed E-state index contributed by atoms with van der Waals surface area (Å²) in [7, 11) is 0. The third kappa shape index (κ3) is 3.22. The summed E-state index contributed by atoms with van der Waals surface area (Å²) in [6.45, 7) is 3.09. The topological polar surface area (TPSA) is 72.5 Å². The van der Waals surface area contributed by atoms with Gasteiger partial charge in [0, 0.05) is 17.5 Å². The second-order valence-corrected chi connectivity index (χ2v) is 6.87. The highest BCUT2D eigenvalue weighted by Crippen LogP contribution is 2.36. The highest BCUT2D eigenvalue weighted by Gasteiger charge is 2.18. The molecule has 3 heterocycles. The van der Waals surface area contributed by atoms with Gasteiger partial charge < -0.3 is 20.1 Å². The molecule has 6 nitrogen and oxygen atoms in total. The highest BCUT2D eigenvalue weighted by molar-refractivity contribution is 7.13. The standard InChI is InChI=1S/C17H19N3O3S/c21-16(19-6-4-11-3-5-18-8-11)13-9-24-17(20-13)12-1-2-14-15(7-12)23-10-22-14/h1-2,7,9,11,18H,3-6,8,10H2,(H,19,21). The molecule has 7 heteroatoms. The zero-order chi connectivity index (χ0) is 16.4. The molecular formula is C17H19N3O3S. The maximum atomic E-state index is 12.2. The number of rotatable bonds is 5. The van der Waals surface area contributed by atoms with Crippen LogP contribution in [0.1, 0.15) is 23.3 Å². The first-order chi connectivity index (χ1) is 11.8. The Bertz CT molecular complexity index is 740. The molecule has 0 saturated carbocycles. The lowest BCUT2D eigenvalue weighted by Crippen LogP contribution is -2.26. The van der Waals surface area contributed by atoms with Gasteiger partial charge >= 0.3 is 0 Å². The third-order valence-corrected chi connectivity index (χ3v) is 5.25. The molecule has 0 spiro atoms. The molecule has 24 heavy (non-hydrogen) atoms. The quantitative estimate of drug-likeness (QED) is 0.870. The average molecular weight is 345 g/mol. The van der Waals surface area contributed by atoms with Crippen molar-refractivity contribution in [2.75, 3.05) is 26.4 Å². The van der Waals surface area contributed by atoms with Gasteiger partial charge in [0.15, 0.2) is 11.5 Å². The van der Waals surface area contributed by atoms with Crippen molar-refractivity contribution in [3.63, 3.8) is 0 Å². The Labute approximate surface area is 144 Å². The van der Waals surface area contributed by atoms with E-state index in [2.05, 4.69) is 15.6 Å². The van der Waals surface area contributed by atoms with Crippen LogP contribution in [0.2, 0.25) is 0 Å². The van der Waals surface area contributed by atoms with Crippen LogP contribution in [0.3, 0.4) is 0 Å². The van der Waals surface area contributed by atoms with Crippen molar-refractivity contribution < 1.29 is 14.3 Å². The summed E-state index contributed by atoms with van der Waals surface area (Å²) in [5, 5.41) is 8.91. The van der Waals surface area contributed by atoms with Gasteiger partial charge in [0.05, 0.1) is 0 Å². The van der Waals surface area contributed by atoms with E-state index in [9.17, 15) is 4.79 Å². The lowest BCUT2D eigenvalue weighted by Gasteiger charge is -2.08. The van der Waals surface area contributed by atoms with Crippen molar-refractivity contribution in [3.05, 3.63) is 29.3 Å². The number of hydrogen-bond acceptors (Lipinski definition) is 6. The maximum Gasteiger partial charge on any atom is 0.270 e. The SMILES string of the molecule is O=C(NCCC1CCNC1)c1csc(-c2ccc3c(c2)OCO3)n1. The van der Waals surface area contributed by atoms with Crippen LogP contribution in [0.25, 0.3) is 10.6 Å². The first kappa shape index (κ1) is 15.4. The van der Waals surface area contributed by atoms with E-state index < -0.39 is 0 Å². The monoisotopic (exact) mass is 345 g/mol. The number of thiazole rings is 1. The molecule has 1 aromatic carbocycles. The molecule has 126 valence electrons. The van der Waals surface area contributed by atoms with Crippen molar-refractivity contribution in [2.45, 2.75) is 12.8 Å². The lowest BCUT2D eigenvalue weighted by atomic mass is 10.1. The summed E-state index contributed by atoms with van der Waals surface area (Å²) in [5.41, 5.74) is 1.40. The Morgan fingerprint density at radius 3 is 3.17 bits per heavy atom. The molecule has 0 radical (unpaired) electrons. The molecule has 2 aliphatic heterocycles. The van der Waals surface area contributed by atoms with Gasteiger partial charge in [-0.2, -0.15) is 0 Å². The minimum atomic E-state index is -0.107. The van der Waals surface area contributed by atoms with Crippen LogP contribution < -0.4 is 20.1 Å². The van der Waals surface area contributed by atoms with Crippen LogP contribution in [-0.4, -0.2) is 37.3 Å². The molecule has 1 amide bonds. The minimum Gasteiger partial charge on any atom is -0.454 e. The number of aromatic nitrogens is 1. The molecule has 1 unspecified atom stereocenters. The fraction of sp³-hybridized carbons (Fsp3) is 0.412. The summed E-state index contributed by atoms with van der Waals surface area (Å²) >= 11 is 1.46. The van der Waals surface area contributed by atoms with Gasteiger partial charge in [0.25, 0.3) is 5.91 Å². The van der Waals surface area contributed by atoms with Crippen molar-refractivity contribution in [2.24, 2.45) is 5.92 Å². The van der Waals surface area contributed by atoms with Crippen molar-refractivity contribution in [1.82, 2.24) is 15.6 Å². The molecule has 1 saturated heterocycles. The van der Waals surface area contributed by atoms with E-state index in [-0.39, 0.29) is 12.7 Å². The van der Waals surface area contributed by atoms with Gasteiger partial charge in [-0.15, -0.1) is 11.3 Å². The Morgan fingerprint density at radius 1 is 1.38 bits per heavy atom. The van der Waals surface area contributed by atoms with Crippen molar-refractivity contribution >= 4 is 17.2 Å². The molecular weight excluding hydrogens is 326 g/mol. The zero-order valence-corrected chi connectivity index (χ0v) is 14.0. The maximum absolute atomic E-state index is 12.2. The van der Waals surface area contributed by atoms with E-state index in [1.807, 2.05) is 18.2 Å². The van der Waals surface area contributed by atoms with E-state index in [1.54, 1.807) is 5.38 Å². The Kier molecular flexibility index (Phi) is 4.36. The van der Waals surface area contributed by atoms with Crippen LogP contribution in [-0.2, 0) is 0 Å². The molecule has 1 fully saturated rings. The van der Waals surface area contributed by atoms with E-state index in [1.165, 1.54) is 17.8 Å². The molecule has 4 rings (SSSR count). The lowest BCUT2D eigenvalue weighted by molar-refractivity contribution is 0.0947. The Balaban J connectivity index is 1.38. The van der Waals surface area contributed by atoms with Crippen LogP contribution in [0, 0.1) is 5.92 Å². The van der Waals surface area contributed by atoms with Crippen molar-refractivity contribution in [1.29, 1.82) is 0 Å². The first-order valence-electron chi connectivity index (χ1n) is 8.14. The Morgan fingerprint density at radius 2 is 2.29 bits per heavy atom. The number of ether oxygens (including phenoxy) is 2. The minimum absolute atomic E-state index is 0.107. The van der Waals surface area contributed by atoms with Gasteiger partial charge in [0.2, 0.25) is 6.79 Å². The number of carbonyl (C=O) groups is 1. The number of fused-ring (bicyclic) bond motifs is 1. The second-order valence-electron chi connectivity index (χ2n) is 6.01. The molecule has 1 aromatic heterocycles. The Hall–Kier alpha value is -2.12. The number of carbonyl (C=O) groups excluding carboxylic acids is 1. The molecule has 0 bridgehead atoms. The van der Waals surface area contributed by atoms with Gasteiger partial charge in [-0.1, -0.05) is 0 Å². The van der Waals surface area contributed by atoms with E-state index in [0.29, 0.717) is 18.2 Å². The summed E-state index contributed by atoms with van der Waals surface area (Å²) < 4.78 is 10.7. The molecule has 2 aliphatic rings. The normalized spacial score (nSPS) is 18.8. The van der Waals surface area contributed by atoms with Gasteiger partial charge in [0.1, 0.15) is 10.7 Å². The summed E-state index contributed by atoms with van der Waals surface area (Å²) in [5.74, 6) is 2.03. The predicted molar refractivity (Wildman–Crippen MR) is 91.6 cm³/mol. The molecule has 1 atom stereocenters. The number of hydrogen-bond donors (Lipinski definition) is 2. The smallest absolute Gasteiger partial charge is 0.270 e. The largest absolute Gasteiger partial charge is 0.454 e. The first-order valence-corrected chi connectivity index (χ1v) is 9.02. The van der Waals surface area contributed by atoms with Gasteiger partial charge in [-0.3, -0.25) is 4.79 Å². The number of nitrogens with one attached hydrogen (secondary N) is 2. The number of amides is 1. The van der Waals surface area contributed by atoms with Crippen LogP contribution >= 0.6 is 11.3 Å². The highest BCUT2D eigenvalue weighted by atomic mass is 32.1. The van der Waals surface area contributed by atoms with Crippen LogP contribution in [0.15, 0.2) is 23.6 Å². The van der Waals surface area contributed by atoms with E-state index in [0.717, 1.165) is 41.6 Å². The van der Waals surface area contributed by atoms with Crippen LogP contribution in [0.4, 0.5) is 0 Å².